The zero-order valence-electron chi connectivity index (χ0n) is 16.6. The Labute approximate surface area is 167 Å². The summed E-state index contributed by atoms with van der Waals surface area (Å²) in [5.74, 6) is 1.08. The van der Waals surface area contributed by atoms with Crippen molar-refractivity contribution >= 4 is 15.9 Å². The minimum Gasteiger partial charge on any atom is -0.497 e. The van der Waals surface area contributed by atoms with E-state index in [1.807, 2.05) is 24.3 Å². The maximum Gasteiger partial charge on any atom is 0.235 e. The highest BCUT2D eigenvalue weighted by atomic mass is 32.2. The summed E-state index contributed by atoms with van der Waals surface area (Å²) in [5, 5.41) is 2.27. The fourth-order valence-corrected chi connectivity index (χ4v) is 6.16. The third-order valence-corrected chi connectivity index (χ3v) is 7.96. The van der Waals surface area contributed by atoms with Gasteiger partial charge in [-0.05, 0) is 42.4 Å². The Bertz CT molecular complexity index is 784. The van der Waals surface area contributed by atoms with Crippen LogP contribution >= 0.6 is 0 Å². The maximum absolute atomic E-state index is 13.1. The number of hydrogen-bond donors (Lipinski definition) is 3. The molecular weight excluding hydrogens is 380 g/mol. The summed E-state index contributed by atoms with van der Waals surface area (Å²) >= 11 is 0. The van der Waals surface area contributed by atoms with Crippen LogP contribution in [0.25, 0.3) is 0 Å². The van der Waals surface area contributed by atoms with Crippen molar-refractivity contribution in [1.29, 1.82) is 0 Å². The number of ether oxygens (including phenoxy) is 1. The number of amides is 1. The monoisotopic (exact) mass is 410 g/mol. The fraction of sp³-hybridized carbons (Fsp3) is 0.632. The number of likely N-dealkylation sites (N-methyl/N-ethyl adjacent to an activating group) is 1. The van der Waals surface area contributed by atoms with Crippen LogP contribution in [0.15, 0.2) is 24.3 Å². The van der Waals surface area contributed by atoms with Crippen LogP contribution in [-0.2, 0) is 21.4 Å². The Balaban J connectivity index is 1.57. The molecule has 0 aromatic heterocycles. The van der Waals surface area contributed by atoms with E-state index in [-0.39, 0.29) is 18.5 Å². The van der Waals surface area contributed by atoms with Gasteiger partial charge in [0.1, 0.15) is 5.75 Å². The molecule has 1 aromatic carbocycles. The van der Waals surface area contributed by atoms with E-state index in [0.29, 0.717) is 24.8 Å². The zero-order chi connectivity index (χ0) is 20.3. The number of fused-ring (bicyclic) bond motifs is 1. The average Bonchev–Trinajstić information content (AvgIpc) is 3.14. The molecule has 9 heteroatoms. The lowest BCUT2D eigenvalue weighted by molar-refractivity contribution is -0.121. The molecule has 8 nitrogen and oxygen atoms in total. The molecule has 4 unspecified atom stereocenters. The normalized spacial score (nSPS) is 27.4. The molecule has 3 N–H and O–H groups in total. The van der Waals surface area contributed by atoms with Crippen LogP contribution in [-0.4, -0.2) is 57.2 Å². The number of carbonyl (C=O) groups is 1. The van der Waals surface area contributed by atoms with Crippen LogP contribution in [0.5, 0.6) is 5.75 Å². The van der Waals surface area contributed by atoms with Gasteiger partial charge in [0, 0.05) is 26.2 Å². The Morgan fingerprint density at radius 2 is 2.00 bits per heavy atom. The number of hydrogen-bond acceptors (Lipinski definition) is 6. The molecule has 1 aliphatic carbocycles. The molecule has 2 aliphatic rings. The van der Waals surface area contributed by atoms with Gasteiger partial charge in [0.15, 0.2) is 0 Å². The average molecular weight is 411 g/mol. The lowest BCUT2D eigenvalue weighted by Gasteiger charge is -2.37. The van der Waals surface area contributed by atoms with Crippen LogP contribution in [0.4, 0.5) is 0 Å². The molecule has 0 spiro atoms. The van der Waals surface area contributed by atoms with Gasteiger partial charge in [0.05, 0.1) is 18.9 Å². The van der Waals surface area contributed by atoms with Crippen LogP contribution < -0.4 is 20.9 Å². The molecule has 0 radical (unpaired) electrons. The van der Waals surface area contributed by atoms with Gasteiger partial charge in [-0.25, -0.2) is 8.42 Å². The van der Waals surface area contributed by atoms with Crippen molar-refractivity contribution in [3.63, 3.8) is 0 Å². The highest BCUT2D eigenvalue weighted by Crippen LogP contribution is 2.35. The molecule has 28 heavy (non-hydrogen) atoms. The van der Waals surface area contributed by atoms with Gasteiger partial charge in [-0.1, -0.05) is 19.1 Å². The number of nitrogens with one attached hydrogen (secondary N) is 3. The number of rotatable bonds is 7. The van der Waals surface area contributed by atoms with Crippen molar-refractivity contribution in [2.75, 3.05) is 27.2 Å². The van der Waals surface area contributed by atoms with Gasteiger partial charge in [-0.15, -0.1) is 0 Å². The lowest BCUT2D eigenvalue weighted by Crippen LogP contribution is -2.54. The summed E-state index contributed by atoms with van der Waals surface area (Å²) in [4.78, 5) is 12.3. The summed E-state index contributed by atoms with van der Waals surface area (Å²) in [7, 11) is -0.501. The molecule has 1 heterocycles. The first kappa shape index (κ1) is 21.0. The first-order chi connectivity index (χ1) is 13.3. The predicted molar refractivity (Wildman–Crippen MR) is 107 cm³/mol. The molecule has 1 aliphatic heterocycles. The second kappa shape index (κ2) is 8.77. The van der Waals surface area contributed by atoms with E-state index in [0.717, 1.165) is 24.3 Å². The van der Waals surface area contributed by atoms with Crippen molar-refractivity contribution < 1.29 is 17.9 Å². The highest BCUT2D eigenvalue weighted by Gasteiger charge is 2.46. The molecular formula is C19H30N4O4S. The molecule has 0 bridgehead atoms. The Hall–Kier alpha value is -1.68. The Morgan fingerprint density at radius 3 is 2.68 bits per heavy atom. The summed E-state index contributed by atoms with van der Waals surface area (Å²) in [6, 6.07) is 7.26. The highest BCUT2D eigenvalue weighted by molar-refractivity contribution is 7.89. The van der Waals surface area contributed by atoms with Crippen LogP contribution in [0.1, 0.15) is 25.3 Å². The van der Waals surface area contributed by atoms with E-state index < -0.39 is 15.3 Å². The van der Waals surface area contributed by atoms with E-state index in [1.54, 1.807) is 7.11 Å². The number of nitrogens with zero attached hydrogens (tertiary/aromatic N) is 1. The quantitative estimate of drug-likeness (QED) is 0.604. The number of methoxy groups -OCH3 is 1. The van der Waals surface area contributed by atoms with E-state index >= 15 is 0 Å². The summed E-state index contributed by atoms with van der Waals surface area (Å²) in [5.41, 5.74) is 7.15. The van der Waals surface area contributed by atoms with Crippen LogP contribution in [0.2, 0.25) is 0 Å². The van der Waals surface area contributed by atoms with E-state index in [1.165, 1.54) is 11.4 Å². The van der Waals surface area contributed by atoms with Gasteiger partial charge in [-0.2, -0.15) is 4.31 Å². The van der Waals surface area contributed by atoms with Crippen molar-refractivity contribution in [3.05, 3.63) is 29.8 Å². The third kappa shape index (κ3) is 4.65. The molecule has 3 rings (SSSR count). The number of benzene rings is 1. The Kier molecular flexibility index (Phi) is 6.59. The first-order valence-corrected chi connectivity index (χ1v) is 11.1. The molecule has 1 amide bonds. The van der Waals surface area contributed by atoms with Gasteiger partial charge < -0.3 is 10.1 Å². The molecule has 2 fully saturated rings. The predicted octanol–water partition coefficient (Wildman–Crippen LogP) is 0.464. The van der Waals surface area contributed by atoms with Gasteiger partial charge in [-0.3, -0.25) is 15.6 Å². The number of carbonyl (C=O) groups excluding carboxylic acids is 1. The molecule has 4 atom stereocenters. The van der Waals surface area contributed by atoms with E-state index in [2.05, 4.69) is 23.1 Å². The summed E-state index contributed by atoms with van der Waals surface area (Å²) in [6.07, 6.45) is 1.62. The van der Waals surface area contributed by atoms with Crippen molar-refractivity contribution in [2.24, 2.45) is 11.8 Å². The fourth-order valence-electron chi connectivity index (χ4n) is 4.17. The molecule has 1 saturated carbocycles. The minimum absolute atomic E-state index is 0.106. The second-order valence-corrected chi connectivity index (χ2v) is 10.1. The second-order valence-electron chi connectivity index (χ2n) is 7.85. The minimum atomic E-state index is -3.58. The van der Waals surface area contributed by atoms with Crippen molar-refractivity contribution in [3.8, 4) is 5.75 Å². The van der Waals surface area contributed by atoms with Crippen LogP contribution in [0, 0.1) is 11.8 Å². The van der Waals surface area contributed by atoms with Crippen LogP contribution in [0.3, 0.4) is 0 Å². The van der Waals surface area contributed by atoms with Gasteiger partial charge in [0.2, 0.25) is 15.9 Å². The first-order valence-electron chi connectivity index (χ1n) is 9.64. The lowest BCUT2D eigenvalue weighted by atomic mass is 9.79. The molecule has 1 saturated heterocycles. The third-order valence-electron chi connectivity index (χ3n) is 5.71. The largest absolute Gasteiger partial charge is 0.497 e. The van der Waals surface area contributed by atoms with Gasteiger partial charge >= 0.3 is 0 Å². The number of sulfonamides is 1. The van der Waals surface area contributed by atoms with E-state index in [9.17, 15) is 13.2 Å². The van der Waals surface area contributed by atoms with Gasteiger partial charge in [0.25, 0.3) is 0 Å². The summed E-state index contributed by atoms with van der Waals surface area (Å²) < 4.78 is 32.5. The molecule has 156 valence electrons. The molecule has 1 aromatic rings. The standard InChI is InChI=1S/C19H30N4O4S/c1-13-8-15-11-21-22-19(15)17(9-13)28(25,26)23(2)12-18(24)20-10-14-4-6-16(27-3)7-5-14/h4-7,13,15,17,19,21-22H,8-12H2,1-3H3,(H,20,24). The van der Waals surface area contributed by atoms with Crippen molar-refractivity contribution in [1.82, 2.24) is 20.5 Å². The smallest absolute Gasteiger partial charge is 0.235 e. The topological polar surface area (TPSA) is 99.8 Å². The van der Waals surface area contributed by atoms with Crippen molar-refractivity contribution in [2.45, 2.75) is 37.6 Å². The zero-order valence-corrected chi connectivity index (χ0v) is 17.5. The number of hydrazine groups is 1. The Morgan fingerprint density at radius 1 is 1.29 bits per heavy atom. The van der Waals surface area contributed by atoms with E-state index in [4.69, 9.17) is 4.74 Å². The summed E-state index contributed by atoms with van der Waals surface area (Å²) in [6.45, 7) is 3.03. The maximum atomic E-state index is 13.1. The SMILES string of the molecule is COc1ccc(CNC(=O)CN(C)S(=O)(=O)C2CC(C)CC3CNNC32)cc1.